The van der Waals surface area contributed by atoms with Crippen LogP contribution in [0, 0.1) is 5.82 Å². The minimum absolute atomic E-state index is 0.0722. The monoisotopic (exact) mass is 258 g/mol. The van der Waals surface area contributed by atoms with Gasteiger partial charge in [-0.25, -0.2) is 4.39 Å². The smallest absolute Gasteiger partial charge is 0.239 e. The average molecular weight is 259 g/mol. The number of nitrogens with one attached hydrogen (secondary N) is 2. The molecule has 0 aliphatic heterocycles. The number of carbonyl (C=O) groups excluding carboxylic acids is 1. The molecule has 0 aliphatic rings. The van der Waals surface area contributed by atoms with Crippen molar-refractivity contribution in [2.24, 2.45) is 0 Å². The Hall–Kier alpha value is -1.29. The van der Waals surface area contributed by atoms with Crippen LogP contribution in [0.4, 0.5) is 10.1 Å². The number of halogens is 2. The van der Waals surface area contributed by atoms with Gasteiger partial charge >= 0.3 is 0 Å². The minimum Gasteiger partial charge on any atom is -0.376 e. The van der Waals surface area contributed by atoms with Crippen molar-refractivity contribution in [2.45, 2.75) is 19.8 Å². The highest BCUT2D eigenvalue weighted by Gasteiger charge is 2.03. The highest BCUT2D eigenvalue weighted by Crippen LogP contribution is 2.18. The molecule has 0 bridgehead atoms. The first-order chi connectivity index (χ1) is 8.13. The first kappa shape index (κ1) is 13.8. The predicted molar refractivity (Wildman–Crippen MR) is 67.8 cm³/mol. The molecule has 1 aromatic rings. The van der Waals surface area contributed by atoms with Crippen molar-refractivity contribution < 1.29 is 9.18 Å². The molecule has 2 N–H and O–H groups in total. The summed E-state index contributed by atoms with van der Waals surface area (Å²) < 4.78 is 13.1. The van der Waals surface area contributed by atoms with Crippen molar-refractivity contribution in [2.75, 3.05) is 18.4 Å². The SMILES string of the molecule is CCCCNC(=O)CNc1ccc(Cl)c(F)c1. The molecule has 0 saturated heterocycles. The third-order valence-corrected chi connectivity index (χ3v) is 2.53. The topological polar surface area (TPSA) is 41.1 Å². The summed E-state index contributed by atoms with van der Waals surface area (Å²) in [6.45, 7) is 2.86. The highest BCUT2D eigenvalue weighted by atomic mass is 35.5. The molecule has 1 rings (SSSR count). The van der Waals surface area contributed by atoms with Gasteiger partial charge in [-0.2, -0.15) is 0 Å². The number of hydrogen-bond acceptors (Lipinski definition) is 2. The van der Waals surface area contributed by atoms with Crippen molar-refractivity contribution in [3.8, 4) is 0 Å². The fraction of sp³-hybridized carbons (Fsp3) is 0.417. The summed E-state index contributed by atoms with van der Waals surface area (Å²) in [4.78, 5) is 11.3. The van der Waals surface area contributed by atoms with E-state index in [0.29, 0.717) is 12.2 Å². The van der Waals surface area contributed by atoms with Crippen LogP contribution in [0.3, 0.4) is 0 Å². The largest absolute Gasteiger partial charge is 0.376 e. The second-order valence-electron chi connectivity index (χ2n) is 3.69. The average Bonchev–Trinajstić information content (AvgIpc) is 2.31. The van der Waals surface area contributed by atoms with Gasteiger partial charge in [0.05, 0.1) is 11.6 Å². The zero-order chi connectivity index (χ0) is 12.7. The lowest BCUT2D eigenvalue weighted by Crippen LogP contribution is -2.30. The van der Waals surface area contributed by atoms with Gasteiger partial charge in [-0.3, -0.25) is 4.79 Å². The van der Waals surface area contributed by atoms with Gasteiger partial charge in [0, 0.05) is 12.2 Å². The molecule has 0 spiro atoms. The zero-order valence-corrected chi connectivity index (χ0v) is 10.5. The molecule has 94 valence electrons. The molecule has 0 unspecified atom stereocenters. The van der Waals surface area contributed by atoms with E-state index in [1.54, 1.807) is 6.07 Å². The number of carbonyl (C=O) groups is 1. The Bertz CT molecular complexity index is 385. The van der Waals surface area contributed by atoms with E-state index in [2.05, 4.69) is 17.6 Å². The van der Waals surface area contributed by atoms with Gasteiger partial charge in [-0.15, -0.1) is 0 Å². The predicted octanol–water partition coefficient (Wildman–Crippen LogP) is 2.81. The van der Waals surface area contributed by atoms with Crippen molar-refractivity contribution in [1.29, 1.82) is 0 Å². The third-order valence-electron chi connectivity index (χ3n) is 2.23. The van der Waals surface area contributed by atoms with E-state index in [-0.39, 0.29) is 17.5 Å². The molecule has 17 heavy (non-hydrogen) atoms. The van der Waals surface area contributed by atoms with E-state index in [0.717, 1.165) is 12.8 Å². The Balaban J connectivity index is 2.34. The standard InChI is InChI=1S/C12H16ClFN2O/c1-2-3-6-15-12(17)8-16-9-4-5-10(13)11(14)7-9/h4-5,7,16H,2-3,6,8H2,1H3,(H,15,17). The maximum atomic E-state index is 13.1. The Kier molecular flexibility index (Phi) is 5.77. The van der Waals surface area contributed by atoms with Gasteiger partial charge in [0.1, 0.15) is 5.82 Å². The minimum atomic E-state index is -0.497. The summed E-state index contributed by atoms with van der Waals surface area (Å²) in [5, 5.41) is 5.66. The molecule has 1 aromatic carbocycles. The van der Waals surface area contributed by atoms with Crippen LogP contribution < -0.4 is 10.6 Å². The van der Waals surface area contributed by atoms with E-state index in [4.69, 9.17) is 11.6 Å². The van der Waals surface area contributed by atoms with E-state index in [9.17, 15) is 9.18 Å². The number of amides is 1. The van der Waals surface area contributed by atoms with Gasteiger partial charge in [-0.1, -0.05) is 24.9 Å². The molecule has 0 fully saturated rings. The molecule has 0 radical (unpaired) electrons. The zero-order valence-electron chi connectivity index (χ0n) is 9.72. The molecule has 0 atom stereocenters. The summed E-state index contributed by atoms with van der Waals surface area (Å²) in [6.07, 6.45) is 2.00. The molecule has 1 amide bonds. The Morgan fingerprint density at radius 1 is 1.47 bits per heavy atom. The summed E-state index contributed by atoms with van der Waals surface area (Å²) >= 11 is 5.55. The van der Waals surface area contributed by atoms with Crippen molar-refractivity contribution in [3.63, 3.8) is 0 Å². The fourth-order valence-corrected chi connectivity index (χ4v) is 1.37. The van der Waals surface area contributed by atoms with E-state index in [1.165, 1.54) is 12.1 Å². The molecule has 3 nitrogen and oxygen atoms in total. The van der Waals surface area contributed by atoms with Crippen LogP contribution in [0.5, 0.6) is 0 Å². The summed E-state index contributed by atoms with van der Waals surface area (Å²) in [6, 6.07) is 4.35. The molecular weight excluding hydrogens is 243 g/mol. The Morgan fingerprint density at radius 2 is 2.24 bits per heavy atom. The van der Waals surface area contributed by atoms with Crippen molar-refractivity contribution in [1.82, 2.24) is 5.32 Å². The Labute approximate surface area is 105 Å². The lowest BCUT2D eigenvalue weighted by molar-refractivity contribution is -0.119. The summed E-state index contributed by atoms with van der Waals surface area (Å²) in [5.74, 6) is -0.600. The maximum Gasteiger partial charge on any atom is 0.239 e. The first-order valence-corrected chi connectivity index (χ1v) is 5.97. The molecular formula is C12H16ClFN2O. The van der Waals surface area contributed by atoms with E-state index >= 15 is 0 Å². The molecule has 5 heteroatoms. The number of rotatable bonds is 6. The van der Waals surface area contributed by atoms with Crippen molar-refractivity contribution in [3.05, 3.63) is 29.0 Å². The third kappa shape index (κ3) is 5.04. The molecule has 0 heterocycles. The second kappa shape index (κ2) is 7.12. The normalized spacial score (nSPS) is 10.1. The van der Waals surface area contributed by atoms with Crippen LogP contribution in [0.1, 0.15) is 19.8 Å². The van der Waals surface area contributed by atoms with Gasteiger partial charge in [0.2, 0.25) is 5.91 Å². The van der Waals surface area contributed by atoms with Crippen LogP contribution in [-0.2, 0) is 4.79 Å². The number of anilines is 1. The number of hydrogen-bond donors (Lipinski definition) is 2. The summed E-state index contributed by atoms with van der Waals surface area (Å²) in [7, 11) is 0. The highest BCUT2D eigenvalue weighted by molar-refractivity contribution is 6.30. The molecule has 0 aliphatic carbocycles. The van der Waals surface area contributed by atoms with Gasteiger partial charge in [0.15, 0.2) is 0 Å². The lowest BCUT2D eigenvalue weighted by Gasteiger charge is -2.07. The van der Waals surface area contributed by atoms with Crippen LogP contribution in [-0.4, -0.2) is 19.0 Å². The molecule has 0 aromatic heterocycles. The van der Waals surface area contributed by atoms with E-state index in [1.807, 2.05) is 0 Å². The van der Waals surface area contributed by atoms with Gasteiger partial charge < -0.3 is 10.6 Å². The van der Waals surface area contributed by atoms with Crippen molar-refractivity contribution >= 4 is 23.2 Å². The van der Waals surface area contributed by atoms with Gasteiger partial charge in [-0.05, 0) is 24.6 Å². The maximum absolute atomic E-state index is 13.1. The Morgan fingerprint density at radius 3 is 2.88 bits per heavy atom. The number of benzene rings is 1. The quantitative estimate of drug-likeness (QED) is 0.771. The van der Waals surface area contributed by atoms with E-state index < -0.39 is 5.82 Å². The summed E-state index contributed by atoms with van der Waals surface area (Å²) in [5.41, 5.74) is 0.539. The first-order valence-electron chi connectivity index (χ1n) is 5.59. The number of unbranched alkanes of at least 4 members (excludes halogenated alkanes) is 1. The van der Waals surface area contributed by atoms with Crippen LogP contribution >= 0.6 is 11.6 Å². The second-order valence-corrected chi connectivity index (χ2v) is 4.09. The lowest BCUT2D eigenvalue weighted by atomic mass is 10.3. The van der Waals surface area contributed by atoms with Crippen LogP contribution in [0.2, 0.25) is 5.02 Å². The van der Waals surface area contributed by atoms with Crippen LogP contribution in [0.25, 0.3) is 0 Å². The van der Waals surface area contributed by atoms with Gasteiger partial charge in [0.25, 0.3) is 0 Å². The van der Waals surface area contributed by atoms with Crippen LogP contribution in [0.15, 0.2) is 18.2 Å². The fourth-order valence-electron chi connectivity index (χ4n) is 1.26. The molecule has 0 saturated carbocycles.